The van der Waals surface area contributed by atoms with Gasteiger partial charge in [-0.2, -0.15) is 5.10 Å². The van der Waals surface area contributed by atoms with Gasteiger partial charge in [0.1, 0.15) is 12.3 Å². The van der Waals surface area contributed by atoms with Gasteiger partial charge in [0.05, 0.1) is 31.9 Å². The Morgan fingerprint density at radius 2 is 1.71 bits per heavy atom. The van der Waals surface area contributed by atoms with Gasteiger partial charge in [0.25, 0.3) is 0 Å². The lowest BCUT2D eigenvalue weighted by atomic mass is 10.1. The molecule has 24 heavy (non-hydrogen) atoms. The molecule has 2 N–H and O–H groups in total. The Kier molecular flexibility index (Phi) is 5.49. The van der Waals surface area contributed by atoms with Gasteiger partial charge in [-0.05, 0) is 36.2 Å². The molecule has 4 heteroatoms. The van der Waals surface area contributed by atoms with E-state index in [0.29, 0.717) is 5.75 Å². The highest BCUT2D eigenvalue weighted by atomic mass is 16.3. The largest absolute Gasteiger partial charge is 0.508 e. The van der Waals surface area contributed by atoms with Crippen LogP contribution in [0.1, 0.15) is 24.5 Å². The first kappa shape index (κ1) is 16.5. The highest BCUT2D eigenvalue weighted by Crippen LogP contribution is 2.12. The van der Waals surface area contributed by atoms with Crippen molar-refractivity contribution in [3.05, 3.63) is 65.7 Å². The van der Waals surface area contributed by atoms with Crippen LogP contribution >= 0.6 is 0 Å². The van der Waals surface area contributed by atoms with Gasteiger partial charge < -0.3 is 10.0 Å². The monoisotopic (exact) mass is 324 g/mol. The molecule has 0 bridgehead atoms. The molecule has 1 fully saturated rings. The molecular formula is C20H26N3O+. The van der Waals surface area contributed by atoms with E-state index in [-0.39, 0.29) is 0 Å². The molecule has 1 aliphatic rings. The fraction of sp³-hybridized carbons (Fsp3) is 0.350. The number of phenols is 1. The number of phenolic OH excluding ortho intramolecular Hbond substituents is 1. The second-order valence-corrected chi connectivity index (χ2v) is 6.31. The number of piperazine rings is 1. The van der Waals surface area contributed by atoms with Crippen LogP contribution in [0.5, 0.6) is 5.75 Å². The van der Waals surface area contributed by atoms with E-state index >= 15 is 0 Å². The molecule has 4 nitrogen and oxygen atoms in total. The van der Waals surface area contributed by atoms with E-state index in [1.165, 1.54) is 5.56 Å². The highest BCUT2D eigenvalue weighted by molar-refractivity contribution is 6.00. The Balaban J connectivity index is 1.58. The molecule has 0 aliphatic carbocycles. The molecule has 0 saturated carbocycles. The summed E-state index contributed by atoms with van der Waals surface area (Å²) in [4.78, 5) is 1.62. The maximum Gasteiger partial charge on any atom is 0.115 e. The van der Waals surface area contributed by atoms with Crippen molar-refractivity contribution < 1.29 is 10.0 Å². The third kappa shape index (κ3) is 4.36. The third-order valence-corrected chi connectivity index (χ3v) is 4.54. The fourth-order valence-corrected chi connectivity index (χ4v) is 3.13. The minimum Gasteiger partial charge on any atom is -0.508 e. The highest BCUT2D eigenvalue weighted by Gasteiger charge is 2.19. The van der Waals surface area contributed by atoms with Crippen LogP contribution in [0.25, 0.3) is 0 Å². The van der Waals surface area contributed by atoms with E-state index in [1.54, 1.807) is 17.0 Å². The Labute approximate surface area is 144 Å². The van der Waals surface area contributed by atoms with Gasteiger partial charge >= 0.3 is 0 Å². The molecular weight excluding hydrogens is 298 g/mol. The number of aromatic hydroxyl groups is 1. The summed E-state index contributed by atoms with van der Waals surface area (Å²) in [5, 5.41) is 16.5. The summed E-state index contributed by atoms with van der Waals surface area (Å²) in [5.74, 6) is 0.298. The van der Waals surface area contributed by atoms with E-state index in [1.807, 2.05) is 12.1 Å². The fourth-order valence-electron chi connectivity index (χ4n) is 3.13. The average Bonchev–Trinajstić information content (AvgIpc) is 2.63. The standard InChI is InChI=1S/C20H25N3O/c1-2-20(18-8-10-19(24)11-9-18)21-23-14-12-22(13-15-23)16-17-6-4-3-5-7-17/h3-11,24H,2,12-16H2,1H3/p+1/b21-20+. The van der Waals surface area contributed by atoms with E-state index < -0.39 is 0 Å². The average molecular weight is 324 g/mol. The lowest BCUT2D eigenvalue weighted by Gasteiger charge is -2.31. The Morgan fingerprint density at radius 3 is 2.33 bits per heavy atom. The predicted octanol–water partition coefficient (Wildman–Crippen LogP) is 1.91. The number of hydrogen-bond acceptors (Lipinski definition) is 3. The molecule has 0 amide bonds. The van der Waals surface area contributed by atoms with Crippen molar-refractivity contribution in [2.45, 2.75) is 19.9 Å². The summed E-state index contributed by atoms with van der Waals surface area (Å²) in [7, 11) is 0. The van der Waals surface area contributed by atoms with Gasteiger partial charge in [-0.15, -0.1) is 0 Å². The minimum absolute atomic E-state index is 0.298. The molecule has 0 unspecified atom stereocenters. The number of hydrogen-bond donors (Lipinski definition) is 2. The van der Waals surface area contributed by atoms with Crippen LogP contribution in [0.3, 0.4) is 0 Å². The molecule has 3 rings (SSSR count). The van der Waals surface area contributed by atoms with Crippen molar-refractivity contribution in [3.63, 3.8) is 0 Å². The van der Waals surface area contributed by atoms with Gasteiger partial charge in [-0.3, -0.25) is 5.01 Å². The molecule has 2 aromatic carbocycles. The van der Waals surface area contributed by atoms with Crippen LogP contribution in [0.15, 0.2) is 59.7 Å². The minimum atomic E-state index is 0.298. The summed E-state index contributed by atoms with van der Waals surface area (Å²) in [6, 6.07) is 18.0. The molecule has 126 valence electrons. The first-order valence-corrected chi connectivity index (χ1v) is 8.74. The van der Waals surface area contributed by atoms with Crippen LogP contribution in [0.4, 0.5) is 0 Å². The third-order valence-electron chi connectivity index (χ3n) is 4.54. The molecule has 0 spiro atoms. The smallest absolute Gasteiger partial charge is 0.115 e. The van der Waals surface area contributed by atoms with E-state index in [0.717, 1.165) is 50.4 Å². The van der Waals surface area contributed by atoms with Gasteiger partial charge in [0, 0.05) is 5.56 Å². The van der Waals surface area contributed by atoms with E-state index in [9.17, 15) is 5.11 Å². The lowest BCUT2D eigenvalue weighted by Crippen LogP contribution is -3.13. The molecule has 1 aliphatic heterocycles. The van der Waals surface area contributed by atoms with Crippen molar-refractivity contribution in [2.24, 2.45) is 5.10 Å². The number of hydrazone groups is 1. The second-order valence-electron chi connectivity index (χ2n) is 6.31. The van der Waals surface area contributed by atoms with Crippen LogP contribution in [-0.2, 0) is 6.54 Å². The summed E-state index contributed by atoms with van der Waals surface area (Å²) >= 11 is 0. The van der Waals surface area contributed by atoms with Crippen molar-refractivity contribution >= 4 is 5.71 Å². The van der Waals surface area contributed by atoms with Crippen LogP contribution in [0.2, 0.25) is 0 Å². The van der Waals surface area contributed by atoms with Crippen molar-refractivity contribution in [3.8, 4) is 5.75 Å². The van der Waals surface area contributed by atoms with Gasteiger partial charge in [-0.1, -0.05) is 37.3 Å². The van der Waals surface area contributed by atoms with Gasteiger partial charge in [0.15, 0.2) is 0 Å². The topological polar surface area (TPSA) is 40.3 Å². The zero-order valence-corrected chi connectivity index (χ0v) is 14.3. The van der Waals surface area contributed by atoms with Crippen molar-refractivity contribution in [1.82, 2.24) is 5.01 Å². The predicted molar refractivity (Wildman–Crippen MR) is 97.4 cm³/mol. The molecule has 2 aromatic rings. The Hall–Kier alpha value is -2.33. The number of rotatable bonds is 5. The first-order chi connectivity index (χ1) is 11.7. The van der Waals surface area contributed by atoms with E-state index in [2.05, 4.69) is 42.3 Å². The normalized spacial score (nSPS) is 16.4. The molecule has 0 atom stereocenters. The first-order valence-electron chi connectivity index (χ1n) is 8.74. The van der Waals surface area contributed by atoms with Crippen LogP contribution < -0.4 is 4.90 Å². The summed E-state index contributed by atoms with van der Waals surface area (Å²) in [6.45, 7) is 7.43. The van der Waals surface area contributed by atoms with E-state index in [4.69, 9.17) is 5.10 Å². The second kappa shape index (κ2) is 7.97. The number of nitrogens with one attached hydrogen (secondary N) is 1. The van der Waals surface area contributed by atoms with Gasteiger partial charge in [-0.25, -0.2) is 0 Å². The van der Waals surface area contributed by atoms with Crippen LogP contribution in [-0.4, -0.2) is 42.0 Å². The van der Waals surface area contributed by atoms with Crippen molar-refractivity contribution in [1.29, 1.82) is 0 Å². The number of benzene rings is 2. The summed E-state index contributed by atoms with van der Waals surface area (Å²) in [6.07, 6.45) is 0.891. The molecule has 1 heterocycles. The molecule has 0 aromatic heterocycles. The quantitative estimate of drug-likeness (QED) is 0.825. The maximum absolute atomic E-state index is 9.43. The molecule has 0 radical (unpaired) electrons. The van der Waals surface area contributed by atoms with Gasteiger partial charge in [0.2, 0.25) is 0 Å². The Bertz CT molecular complexity index is 659. The molecule has 1 saturated heterocycles. The SMILES string of the molecule is CC/C(=N\N1CC[NH+](Cc2ccccc2)CC1)c1ccc(O)cc1. The zero-order valence-electron chi connectivity index (χ0n) is 14.3. The van der Waals surface area contributed by atoms with Crippen LogP contribution in [0, 0.1) is 0 Å². The number of nitrogens with zero attached hydrogens (tertiary/aromatic N) is 2. The summed E-state index contributed by atoms with van der Waals surface area (Å²) in [5.41, 5.74) is 3.58. The van der Waals surface area contributed by atoms with Crippen molar-refractivity contribution in [2.75, 3.05) is 26.2 Å². The maximum atomic E-state index is 9.43. The Morgan fingerprint density at radius 1 is 1.04 bits per heavy atom. The lowest BCUT2D eigenvalue weighted by molar-refractivity contribution is -0.918. The zero-order chi connectivity index (χ0) is 16.8. The summed E-state index contributed by atoms with van der Waals surface area (Å²) < 4.78 is 0. The number of quaternary nitrogens is 1.